The smallest absolute Gasteiger partial charge is 0.00926 e. The highest BCUT2D eigenvalue weighted by Crippen LogP contribution is 2.33. The molecule has 2 rings (SSSR count). The average Bonchev–Trinajstić information content (AvgIpc) is 2.39. The summed E-state index contributed by atoms with van der Waals surface area (Å²) in [5.41, 5.74) is 0.557. The molecule has 2 fully saturated rings. The Morgan fingerprint density at radius 3 is 2.28 bits per heavy atom. The first kappa shape index (κ1) is 14.3. The van der Waals surface area contributed by atoms with Crippen LogP contribution in [0.15, 0.2) is 0 Å². The fourth-order valence-corrected chi connectivity index (χ4v) is 3.91. The molecule has 0 radical (unpaired) electrons. The third kappa shape index (κ3) is 3.71. The lowest BCUT2D eigenvalue weighted by Gasteiger charge is -2.42. The Labute approximate surface area is 114 Å². The van der Waals surface area contributed by atoms with Crippen molar-refractivity contribution < 1.29 is 0 Å². The molecule has 2 aliphatic rings. The van der Waals surface area contributed by atoms with Crippen molar-refractivity contribution in [1.29, 1.82) is 0 Å². The molecule has 0 aromatic rings. The van der Waals surface area contributed by atoms with Crippen LogP contribution in [0, 0.1) is 11.3 Å². The second-order valence-electron chi connectivity index (χ2n) is 7.06. The zero-order valence-corrected chi connectivity index (χ0v) is 12.7. The summed E-state index contributed by atoms with van der Waals surface area (Å²) in [7, 11) is 2.37. The van der Waals surface area contributed by atoms with Gasteiger partial charge in [-0.15, -0.1) is 0 Å². The lowest BCUT2D eigenvalue weighted by Crippen LogP contribution is -2.45. The van der Waals surface area contributed by atoms with Gasteiger partial charge in [-0.05, 0) is 70.0 Å². The highest BCUT2D eigenvalue weighted by Gasteiger charge is 2.31. The van der Waals surface area contributed by atoms with E-state index in [1.54, 1.807) is 0 Å². The van der Waals surface area contributed by atoms with E-state index in [9.17, 15) is 0 Å². The molecular weight excluding hydrogens is 220 g/mol. The molecule has 106 valence electrons. The molecule has 1 saturated carbocycles. The van der Waals surface area contributed by atoms with Crippen LogP contribution < -0.4 is 5.32 Å². The van der Waals surface area contributed by atoms with Gasteiger partial charge in [0.25, 0.3) is 0 Å². The van der Waals surface area contributed by atoms with Crippen molar-refractivity contribution >= 4 is 0 Å². The van der Waals surface area contributed by atoms with Gasteiger partial charge < -0.3 is 10.2 Å². The first-order valence-corrected chi connectivity index (χ1v) is 8.04. The topological polar surface area (TPSA) is 15.3 Å². The normalized spacial score (nSPS) is 32.7. The highest BCUT2D eigenvalue weighted by molar-refractivity contribution is 4.86. The highest BCUT2D eigenvalue weighted by atomic mass is 15.1. The van der Waals surface area contributed by atoms with Crippen molar-refractivity contribution in [2.75, 3.05) is 26.7 Å². The van der Waals surface area contributed by atoms with Gasteiger partial charge in [-0.1, -0.05) is 20.3 Å². The fraction of sp³-hybridized carbons (Fsp3) is 1.00. The lowest BCUT2D eigenvalue weighted by atomic mass is 9.79. The third-order valence-electron chi connectivity index (χ3n) is 5.46. The van der Waals surface area contributed by atoms with Crippen molar-refractivity contribution in [1.82, 2.24) is 10.2 Å². The van der Waals surface area contributed by atoms with Gasteiger partial charge >= 0.3 is 0 Å². The molecule has 0 spiro atoms. The molecule has 0 amide bonds. The number of hydrogen-bond donors (Lipinski definition) is 1. The van der Waals surface area contributed by atoms with Crippen LogP contribution in [0.4, 0.5) is 0 Å². The van der Waals surface area contributed by atoms with Gasteiger partial charge in [-0.25, -0.2) is 0 Å². The molecule has 1 saturated heterocycles. The van der Waals surface area contributed by atoms with E-state index in [1.807, 2.05) is 0 Å². The van der Waals surface area contributed by atoms with Crippen LogP contribution in [-0.4, -0.2) is 37.6 Å². The van der Waals surface area contributed by atoms with Gasteiger partial charge in [0.2, 0.25) is 0 Å². The van der Waals surface area contributed by atoms with Gasteiger partial charge in [0.05, 0.1) is 0 Å². The molecule has 0 atom stereocenters. The summed E-state index contributed by atoms with van der Waals surface area (Å²) in [6.07, 6.45) is 9.88. The van der Waals surface area contributed by atoms with E-state index in [0.29, 0.717) is 5.41 Å². The Bertz CT molecular complexity index is 237. The van der Waals surface area contributed by atoms with Crippen molar-refractivity contribution in [3.05, 3.63) is 0 Å². The van der Waals surface area contributed by atoms with Crippen molar-refractivity contribution in [3.8, 4) is 0 Å². The molecule has 2 nitrogen and oxygen atoms in total. The monoisotopic (exact) mass is 252 g/mol. The number of nitrogens with zero attached hydrogens (tertiary/aromatic N) is 1. The zero-order valence-electron chi connectivity index (χ0n) is 12.7. The van der Waals surface area contributed by atoms with E-state index in [2.05, 4.69) is 31.1 Å². The van der Waals surface area contributed by atoms with Crippen LogP contribution in [0.5, 0.6) is 0 Å². The minimum atomic E-state index is 0.557. The first-order chi connectivity index (χ1) is 8.63. The predicted octanol–water partition coefficient (Wildman–Crippen LogP) is 3.28. The van der Waals surface area contributed by atoms with Crippen molar-refractivity contribution in [3.63, 3.8) is 0 Å². The minimum absolute atomic E-state index is 0.557. The van der Waals surface area contributed by atoms with Gasteiger partial charge in [-0.3, -0.25) is 0 Å². The maximum atomic E-state index is 3.49. The minimum Gasteiger partial charge on any atom is -0.317 e. The summed E-state index contributed by atoms with van der Waals surface area (Å²) >= 11 is 0. The number of hydrogen-bond acceptors (Lipinski definition) is 2. The van der Waals surface area contributed by atoms with Crippen LogP contribution in [0.25, 0.3) is 0 Å². The number of nitrogens with one attached hydrogen (secondary N) is 1. The van der Waals surface area contributed by atoms with Crippen LogP contribution >= 0.6 is 0 Å². The molecule has 0 aromatic carbocycles. The third-order valence-corrected chi connectivity index (χ3v) is 5.46. The Hall–Kier alpha value is -0.0800. The van der Waals surface area contributed by atoms with Gasteiger partial charge in [-0.2, -0.15) is 0 Å². The van der Waals surface area contributed by atoms with Crippen LogP contribution in [0.3, 0.4) is 0 Å². The Balaban J connectivity index is 1.79. The second-order valence-corrected chi connectivity index (χ2v) is 7.06. The summed E-state index contributed by atoms with van der Waals surface area (Å²) in [6.45, 7) is 8.57. The maximum absolute atomic E-state index is 3.49. The molecule has 0 unspecified atom stereocenters. The summed E-state index contributed by atoms with van der Waals surface area (Å²) < 4.78 is 0. The molecule has 1 aliphatic carbocycles. The average molecular weight is 252 g/mol. The van der Waals surface area contributed by atoms with Crippen molar-refractivity contribution in [2.45, 2.75) is 64.8 Å². The van der Waals surface area contributed by atoms with E-state index in [1.165, 1.54) is 64.6 Å². The molecule has 1 N–H and O–H groups in total. The Morgan fingerprint density at radius 2 is 1.72 bits per heavy atom. The van der Waals surface area contributed by atoms with E-state index in [4.69, 9.17) is 0 Å². The summed E-state index contributed by atoms with van der Waals surface area (Å²) in [4.78, 5) is 2.68. The molecular formula is C16H32N2. The second kappa shape index (κ2) is 6.38. The lowest BCUT2D eigenvalue weighted by molar-refractivity contribution is 0.0898. The Kier molecular flexibility index (Phi) is 5.08. The summed E-state index contributed by atoms with van der Waals surface area (Å²) in [5, 5.41) is 3.49. The molecule has 2 heteroatoms. The quantitative estimate of drug-likeness (QED) is 0.826. The SMILES string of the molecule is CCC1CCC(N(C)CC2(C)CCNCC2)CC1. The summed E-state index contributed by atoms with van der Waals surface area (Å²) in [5.74, 6) is 1.02. The standard InChI is InChI=1S/C16H32N2/c1-4-14-5-7-15(8-6-14)18(3)13-16(2)9-11-17-12-10-16/h14-15,17H,4-13H2,1-3H3. The molecule has 18 heavy (non-hydrogen) atoms. The van der Waals surface area contributed by atoms with Gasteiger partial charge in [0.1, 0.15) is 0 Å². The first-order valence-electron chi connectivity index (χ1n) is 8.04. The molecule has 1 heterocycles. The zero-order chi connectivity index (χ0) is 13.0. The van der Waals surface area contributed by atoms with Crippen LogP contribution in [0.1, 0.15) is 58.8 Å². The van der Waals surface area contributed by atoms with Gasteiger partial charge in [0.15, 0.2) is 0 Å². The van der Waals surface area contributed by atoms with E-state index >= 15 is 0 Å². The number of rotatable bonds is 4. The summed E-state index contributed by atoms with van der Waals surface area (Å²) in [6, 6.07) is 0.861. The van der Waals surface area contributed by atoms with E-state index in [0.717, 1.165) is 12.0 Å². The predicted molar refractivity (Wildman–Crippen MR) is 78.9 cm³/mol. The molecule has 0 aromatic heterocycles. The molecule has 1 aliphatic heterocycles. The Morgan fingerprint density at radius 1 is 1.11 bits per heavy atom. The largest absolute Gasteiger partial charge is 0.317 e. The van der Waals surface area contributed by atoms with E-state index in [-0.39, 0.29) is 0 Å². The van der Waals surface area contributed by atoms with Crippen molar-refractivity contribution in [2.24, 2.45) is 11.3 Å². The van der Waals surface area contributed by atoms with E-state index < -0.39 is 0 Å². The number of piperidine rings is 1. The fourth-order valence-electron chi connectivity index (χ4n) is 3.91. The van der Waals surface area contributed by atoms with Crippen LogP contribution in [-0.2, 0) is 0 Å². The van der Waals surface area contributed by atoms with Gasteiger partial charge in [0, 0.05) is 12.6 Å². The molecule has 0 bridgehead atoms. The maximum Gasteiger partial charge on any atom is 0.00926 e. The van der Waals surface area contributed by atoms with Crippen LogP contribution in [0.2, 0.25) is 0 Å².